The van der Waals surface area contributed by atoms with E-state index in [1.54, 1.807) is 7.11 Å². The molecule has 1 unspecified atom stereocenters. The molecule has 0 radical (unpaired) electrons. The Kier molecular flexibility index (Phi) is 7.11. The molecule has 0 bridgehead atoms. The van der Waals surface area contributed by atoms with Crippen molar-refractivity contribution in [2.45, 2.75) is 25.2 Å². The Labute approximate surface area is 197 Å². The van der Waals surface area contributed by atoms with Crippen LogP contribution in [-0.4, -0.2) is 29.7 Å². The van der Waals surface area contributed by atoms with Crippen LogP contribution < -0.4 is 11.1 Å². The number of nitrogens with zero attached hydrogens (tertiary/aromatic N) is 2. The van der Waals surface area contributed by atoms with Crippen LogP contribution in [0.15, 0.2) is 54.7 Å². The molecule has 3 N–H and O–H groups in total. The number of aromatic nitrogens is 2. The van der Waals surface area contributed by atoms with Gasteiger partial charge in [0.15, 0.2) is 5.13 Å². The summed E-state index contributed by atoms with van der Waals surface area (Å²) < 4.78 is 57.0. The number of anilines is 1. The van der Waals surface area contributed by atoms with E-state index in [9.17, 15) is 17.6 Å². The first-order valence-electron chi connectivity index (χ1n) is 10.4. The molecule has 178 valence electrons. The Balaban J connectivity index is 1.46. The average Bonchev–Trinajstić information content (AvgIpc) is 3.20. The van der Waals surface area contributed by atoms with E-state index in [2.05, 4.69) is 15.3 Å². The Morgan fingerprint density at radius 1 is 1.09 bits per heavy atom. The molecule has 0 amide bonds. The van der Waals surface area contributed by atoms with E-state index < -0.39 is 17.7 Å². The van der Waals surface area contributed by atoms with Gasteiger partial charge in [-0.15, -0.1) is 0 Å². The van der Waals surface area contributed by atoms with Crippen molar-refractivity contribution < 1.29 is 22.3 Å². The molecule has 0 aliphatic rings. The summed E-state index contributed by atoms with van der Waals surface area (Å²) in [5.74, 6) is -0.546. The van der Waals surface area contributed by atoms with Crippen LogP contribution in [-0.2, 0) is 23.9 Å². The molecule has 5 nitrogen and oxygen atoms in total. The van der Waals surface area contributed by atoms with Crippen molar-refractivity contribution in [1.29, 1.82) is 0 Å². The number of pyridine rings is 1. The molecular weight excluding hydrogens is 468 g/mol. The molecule has 0 spiro atoms. The van der Waals surface area contributed by atoms with E-state index in [1.807, 2.05) is 18.2 Å². The van der Waals surface area contributed by atoms with E-state index in [0.717, 1.165) is 44.6 Å². The molecule has 2 heterocycles. The lowest BCUT2D eigenvalue weighted by Crippen LogP contribution is -2.31. The lowest BCUT2D eigenvalue weighted by atomic mass is 10.0. The van der Waals surface area contributed by atoms with Gasteiger partial charge < -0.3 is 15.8 Å². The highest BCUT2D eigenvalue weighted by atomic mass is 32.1. The molecular formula is C24H22F4N4OS. The van der Waals surface area contributed by atoms with Gasteiger partial charge in [-0.05, 0) is 41.1 Å². The van der Waals surface area contributed by atoms with Crippen molar-refractivity contribution in [1.82, 2.24) is 9.97 Å². The van der Waals surface area contributed by atoms with E-state index >= 15 is 0 Å². The Morgan fingerprint density at radius 3 is 2.56 bits per heavy atom. The summed E-state index contributed by atoms with van der Waals surface area (Å²) in [4.78, 5) is 9.17. The number of methoxy groups -OCH3 is 1. The fourth-order valence-electron chi connectivity index (χ4n) is 3.57. The number of ether oxygens (including phenoxy) is 1. The number of benzene rings is 2. The number of fused-ring (bicyclic) bond motifs is 1. The molecule has 0 fully saturated rings. The standard InChI is InChI=1S/C24H22F4N4OS/c1-33-13-20-22(15-4-5-16-11-30-21(25)10-17(16)9-15)34-23(32-20)31-12-19(29)8-14-2-6-18(7-3-14)24(26,27)28/h2-7,9-11,19H,8,12-13,29H2,1H3,(H,31,32). The number of hydrogen-bond donors (Lipinski definition) is 2. The Hall–Kier alpha value is -3.08. The number of nitrogens with one attached hydrogen (secondary N) is 1. The van der Waals surface area contributed by atoms with Gasteiger partial charge >= 0.3 is 6.18 Å². The summed E-state index contributed by atoms with van der Waals surface area (Å²) >= 11 is 1.43. The summed E-state index contributed by atoms with van der Waals surface area (Å²) in [7, 11) is 1.58. The van der Waals surface area contributed by atoms with Gasteiger partial charge in [0, 0.05) is 37.3 Å². The fourth-order valence-corrected chi connectivity index (χ4v) is 4.54. The summed E-state index contributed by atoms with van der Waals surface area (Å²) in [5, 5.41) is 5.42. The van der Waals surface area contributed by atoms with Crippen molar-refractivity contribution >= 4 is 27.2 Å². The van der Waals surface area contributed by atoms with Crippen LogP contribution in [0.3, 0.4) is 0 Å². The van der Waals surface area contributed by atoms with Crippen molar-refractivity contribution in [3.63, 3.8) is 0 Å². The largest absolute Gasteiger partial charge is 0.416 e. The SMILES string of the molecule is COCc1nc(NCC(N)Cc2ccc(C(F)(F)F)cc2)sc1-c1ccc2cnc(F)cc2c1. The number of nitrogens with two attached hydrogens (primary N) is 1. The minimum atomic E-state index is -4.36. The molecule has 10 heteroatoms. The van der Waals surface area contributed by atoms with E-state index in [-0.39, 0.29) is 6.04 Å². The van der Waals surface area contributed by atoms with Gasteiger partial charge in [0.05, 0.1) is 22.7 Å². The summed E-state index contributed by atoms with van der Waals surface area (Å²) in [6, 6.07) is 11.7. The first-order valence-corrected chi connectivity index (χ1v) is 11.2. The molecule has 34 heavy (non-hydrogen) atoms. The summed E-state index contributed by atoms with van der Waals surface area (Å²) in [5.41, 5.74) is 7.85. The Bertz CT molecular complexity index is 1270. The predicted molar refractivity (Wildman–Crippen MR) is 125 cm³/mol. The van der Waals surface area contributed by atoms with Gasteiger partial charge in [-0.25, -0.2) is 9.97 Å². The molecule has 0 saturated heterocycles. The molecule has 0 aliphatic heterocycles. The molecule has 1 atom stereocenters. The van der Waals surface area contributed by atoms with Crippen LogP contribution in [0, 0.1) is 5.95 Å². The van der Waals surface area contributed by atoms with Crippen molar-refractivity contribution in [3.05, 3.63) is 77.5 Å². The van der Waals surface area contributed by atoms with Crippen LogP contribution in [0.5, 0.6) is 0 Å². The zero-order chi connectivity index (χ0) is 24.3. The lowest BCUT2D eigenvalue weighted by Gasteiger charge is -2.13. The number of thiazole rings is 1. The highest BCUT2D eigenvalue weighted by molar-refractivity contribution is 7.19. The van der Waals surface area contributed by atoms with Gasteiger partial charge in [0.2, 0.25) is 5.95 Å². The predicted octanol–water partition coefficient (Wildman–Crippen LogP) is 5.64. The third-order valence-electron chi connectivity index (χ3n) is 5.22. The third-order valence-corrected chi connectivity index (χ3v) is 6.33. The minimum absolute atomic E-state index is 0.299. The van der Waals surface area contributed by atoms with Crippen LogP contribution in [0.2, 0.25) is 0 Å². The smallest absolute Gasteiger partial charge is 0.378 e. The molecule has 2 aromatic carbocycles. The van der Waals surface area contributed by atoms with Crippen molar-refractivity contribution in [3.8, 4) is 10.4 Å². The first kappa shape index (κ1) is 24.1. The van der Waals surface area contributed by atoms with Gasteiger partial charge in [0.1, 0.15) is 0 Å². The molecule has 4 aromatic rings. The van der Waals surface area contributed by atoms with Crippen molar-refractivity contribution in [2.75, 3.05) is 19.0 Å². The van der Waals surface area contributed by atoms with Crippen LogP contribution in [0.4, 0.5) is 22.7 Å². The maximum atomic E-state index is 13.6. The average molecular weight is 491 g/mol. The minimum Gasteiger partial charge on any atom is -0.378 e. The summed E-state index contributed by atoms with van der Waals surface area (Å²) in [6.07, 6.45) is -2.46. The highest BCUT2D eigenvalue weighted by Crippen LogP contribution is 2.35. The quantitative estimate of drug-likeness (QED) is 0.247. The number of hydrogen-bond acceptors (Lipinski definition) is 6. The van der Waals surface area contributed by atoms with Crippen molar-refractivity contribution in [2.24, 2.45) is 5.73 Å². The normalized spacial score (nSPS) is 12.8. The maximum absolute atomic E-state index is 13.6. The van der Waals surface area contributed by atoms with Crippen LogP contribution >= 0.6 is 11.3 Å². The summed E-state index contributed by atoms with van der Waals surface area (Å²) in [6.45, 7) is 0.683. The second-order valence-corrected chi connectivity index (χ2v) is 8.84. The second kappa shape index (κ2) is 10.0. The van der Waals surface area contributed by atoms with E-state index in [1.165, 1.54) is 35.7 Å². The van der Waals surface area contributed by atoms with E-state index in [0.29, 0.717) is 24.7 Å². The zero-order valence-corrected chi connectivity index (χ0v) is 19.0. The van der Waals surface area contributed by atoms with Crippen LogP contribution in [0.25, 0.3) is 21.2 Å². The topological polar surface area (TPSA) is 73.1 Å². The van der Waals surface area contributed by atoms with Gasteiger partial charge in [-0.3, -0.25) is 0 Å². The number of alkyl halides is 3. The van der Waals surface area contributed by atoms with E-state index in [4.69, 9.17) is 10.5 Å². The highest BCUT2D eigenvalue weighted by Gasteiger charge is 2.30. The second-order valence-electron chi connectivity index (χ2n) is 7.84. The molecule has 0 saturated carbocycles. The molecule has 0 aliphatic carbocycles. The molecule has 4 rings (SSSR count). The number of halogens is 4. The number of rotatable bonds is 8. The maximum Gasteiger partial charge on any atom is 0.416 e. The monoisotopic (exact) mass is 490 g/mol. The third kappa shape index (κ3) is 5.69. The van der Waals surface area contributed by atoms with Crippen LogP contribution in [0.1, 0.15) is 16.8 Å². The lowest BCUT2D eigenvalue weighted by molar-refractivity contribution is -0.137. The fraction of sp³-hybridized carbons (Fsp3) is 0.250. The van der Waals surface area contributed by atoms with Gasteiger partial charge in [-0.2, -0.15) is 17.6 Å². The first-order chi connectivity index (χ1) is 16.2. The van der Waals surface area contributed by atoms with Gasteiger partial charge in [-0.1, -0.05) is 35.6 Å². The zero-order valence-electron chi connectivity index (χ0n) is 18.2. The Morgan fingerprint density at radius 2 is 1.85 bits per heavy atom. The molecule has 2 aromatic heterocycles. The van der Waals surface area contributed by atoms with Gasteiger partial charge in [0.25, 0.3) is 0 Å².